The van der Waals surface area contributed by atoms with Gasteiger partial charge in [-0.25, -0.2) is 14.5 Å². The lowest BCUT2D eigenvalue weighted by atomic mass is 10.1. The first-order chi connectivity index (χ1) is 9.33. The second-order valence-corrected chi connectivity index (χ2v) is 4.82. The molecule has 0 atom stereocenters. The molecule has 3 aromatic heterocycles. The zero-order valence-electron chi connectivity index (χ0n) is 10.6. The summed E-state index contributed by atoms with van der Waals surface area (Å²) >= 11 is 0. The summed E-state index contributed by atoms with van der Waals surface area (Å²) in [6.45, 7) is 1.04. The van der Waals surface area contributed by atoms with Gasteiger partial charge in [0.05, 0.1) is 11.9 Å². The molecule has 19 heavy (non-hydrogen) atoms. The predicted molar refractivity (Wildman–Crippen MR) is 73.2 cm³/mol. The van der Waals surface area contributed by atoms with Crippen molar-refractivity contribution in [1.29, 1.82) is 0 Å². The lowest BCUT2D eigenvalue weighted by molar-refractivity contribution is 0.941. The zero-order chi connectivity index (χ0) is 12.8. The highest BCUT2D eigenvalue weighted by Crippen LogP contribution is 2.28. The molecule has 5 heteroatoms. The molecule has 1 aliphatic heterocycles. The topological polar surface area (TPSA) is 46.3 Å². The summed E-state index contributed by atoms with van der Waals surface area (Å²) in [5, 5.41) is 4.34. The van der Waals surface area contributed by atoms with Crippen molar-refractivity contribution in [2.45, 2.75) is 6.42 Å². The lowest BCUT2D eigenvalue weighted by Gasteiger charge is -2.10. The van der Waals surface area contributed by atoms with Gasteiger partial charge in [-0.15, -0.1) is 0 Å². The van der Waals surface area contributed by atoms with Crippen LogP contribution in [0, 0.1) is 0 Å². The molecule has 0 amide bonds. The van der Waals surface area contributed by atoms with Crippen LogP contribution in [0.5, 0.6) is 0 Å². The number of rotatable bonds is 1. The molecule has 0 aromatic carbocycles. The van der Waals surface area contributed by atoms with E-state index in [0.29, 0.717) is 0 Å². The summed E-state index contributed by atoms with van der Waals surface area (Å²) in [4.78, 5) is 11.1. The zero-order valence-corrected chi connectivity index (χ0v) is 10.6. The summed E-state index contributed by atoms with van der Waals surface area (Å²) < 4.78 is 1.85. The third-order valence-electron chi connectivity index (χ3n) is 3.59. The molecule has 4 rings (SSSR count). The molecule has 0 radical (unpaired) electrons. The molecular weight excluding hydrogens is 238 g/mol. The van der Waals surface area contributed by atoms with E-state index >= 15 is 0 Å². The van der Waals surface area contributed by atoms with Crippen molar-refractivity contribution in [2.75, 3.05) is 18.5 Å². The van der Waals surface area contributed by atoms with Crippen molar-refractivity contribution in [3.63, 3.8) is 0 Å². The van der Waals surface area contributed by atoms with E-state index in [1.807, 2.05) is 29.0 Å². The minimum atomic E-state index is 0.857. The fourth-order valence-electron chi connectivity index (χ4n) is 2.59. The maximum Gasteiger partial charge on any atom is 0.154 e. The standard InChI is InChI=1S/C14H13N5/c1-18-6-4-10-7-11(8-16-14(10)18)12-9-15-13-3-2-5-17-19(12)13/h2-3,5,7-9H,4,6H2,1H3. The van der Waals surface area contributed by atoms with E-state index in [9.17, 15) is 0 Å². The number of imidazole rings is 1. The maximum absolute atomic E-state index is 4.56. The van der Waals surface area contributed by atoms with E-state index in [0.717, 1.165) is 35.7 Å². The first-order valence-corrected chi connectivity index (χ1v) is 6.32. The molecule has 0 aliphatic carbocycles. The fourth-order valence-corrected chi connectivity index (χ4v) is 2.59. The van der Waals surface area contributed by atoms with Gasteiger partial charge in [0.25, 0.3) is 0 Å². The highest BCUT2D eigenvalue weighted by atomic mass is 15.3. The molecular formula is C14H13N5. The van der Waals surface area contributed by atoms with Gasteiger partial charge in [0.1, 0.15) is 5.82 Å². The van der Waals surface area contributed by atoms with Crippen LogP contribution in [0.4, 0.5) is 5.82 Å². The number of hydrogen-bond acceptors (Lipinski definition) is 4. The van der Waals surface area contributed by atoms with E-state index in [1.165, 1.54) is 5.56 Å². The largest absolute Gasteiger partial charge is 0.359 e. The van der Waals surface area contributed by atoms with Crippen LogP contribution < -0.4 is 4.90 Å². The second kappa shape index (κ2) is 3.78. The van der Waals surface area contributed by atoms with Crippen LogP contribution in [0.25, 0.3) is 16.9 Å². The van der Waals surface area contributed by atoms with Crippen molar-refractivity contribution in [1.82, 2.24) is 19.6 Å². The van der Waals surface area contributed by atoms with Gasteiger partial charge in [-0.1, -0.05) is 0 Å². The van der Waals surface area contributed by atoms with Crippen LogP contribution in [0.1, 0.15) is 5.56 Å². The number of anilines is 1. The Bertz CT molecular complexity index is 761. The van der Waals surface area contributed by atoms with Crippen LogP contribution in [0.2, 0.25) is 0 Å². The van der Waals surface area contributed by atoms with Crippen LogP contribution in [0.3, 0.4) is 0 Å². The van der Waals surface area contributed by atoms with Crippen molar-refractivity contribution in [2.24, 2.45) is 0 Å². The van der Waals surface area contributed by atoms with Crippen LogP contribution in [-0.2, 0) is 6.42 Å². The highest BCUT2D eigenvalue weighted by molar-refractivity contribution is 5.66. The maximum atomic E-state index is 4.56. The van der Waals surface area contributed by atoms with Gasteiger partial charge in [0, 0.05) is 31.5 Å². The minimum absolute atomic E-state index is 0.857. The van der Waals surface area contributed by atoms with Crippen LogP contribution in [0.15, 0.2) is 36.8 Å². The molecule has 0 fully saturated rings. The summed E-state index contributed by atoms with van der Waals surface area (Å²) in [7, 11) is 2.08. The normalized spacial score (nSPS) is 14.1. The number of aromatic nitrogens is 4. The lowest BCUT2D eigenvalue weighted by Crippen LogP contribution is -2.13. The average molecular weight is 251 g/mol. The second-order valence-electron chi connectivity index (χ2n) is 4.82. The Morgan fingerprint density at radius 2 is 2.16 bits per heavy atom. The van der Waals surface area contributed by atoms with E-state index in [4.69, 9.17) is 0 Å². The molecule has 0 saturated carbocycles. The van der Waals surface area contributed by atoms with Gasteiger partial charge in [-0.3, -0.25) is 0 Å². The molecule has 1 aliphatic rings. The summed E-state index contributed by atoms with van der Waals surface area (Å²) in [6, 6.07) is 6.04. The van der Waals surface area contributed by atoms with Gasteiger partial charge in [-0.2, -0.15) is 5.10 Å². The van der Waals surface area contributed by atoms with Gasteiger partial charge >= 0.3 is 0 Å². The fraction of sp³-hybridized carbons (Fsp3) is 0.214. The summed E-state index contributed by atoms with van der Waals surface area (Å²) in [6.07, 6.45) is 6.58. The molecule has 5 nitrogen and oxygen atoms in total. The Hall–Kier alpha value is -2.43. The van der Waals surface area contributed by atoms with E-state index in [2.05, 4.69) is 33.1 Å². The van der Waals surface area contributed by atoms with Gasteiger partial charge in [0.2, 0.25) is 0 Å². The number of fused-ring (bicyclic) bond motifs is 2. The Balaban J connectivity index is 1.89. The molecule has 0 unspecified atom stereocenters. The van der Waals surface area contributed by atoms with E-state index < -0.39 is 0 Å². The average Bonchev–Trinajstić information content (AvgIpc) is 3.03. The Kier molecular flexibility index (Phi) is 2.09. The molecule has 0 bridgehead atoms. The Morgan fingerprint density at radius 1 is 1.21 bits per heavy atom. The van der Waals surface area contributed by atoms with Crippen molar-refractivity contribution < 1.29 is 0 Å². The Morgan fingerprint density at radius 3 is 3.11 bits per heavy atom. The Labute approximate surface area is 110 Å². The van der Waals surface area contributed by atoms with Crippen LogP contribution in [-0.4, -0.2) is 33.2 Å². The predicted octanol–water partition coefficient (Wildman–Crippen LogP) is 1.78. The van der Waals surface area contributed by atoms with Gasteiger partial charge < -0.3 is 4.90 Å². The number of pyridine rings is 1. The van der Waals surface area contributed by atoms with Crippen LogP contribution >= 0.6 is 0 Å². The van der Waals surface area contributed by atoms with Crippen molar-refractivity contribution in [3.8, 4) is 11.3 Å². The molecule has 94 valence electrons. The first kappa shape index (κ1) is 10.5. The SMILES string of the molecule is CN1CCc2cc(-c3cnc4cccnn34)cnc21. The van der Waals surface area contributed by atoms with Gasteiger partial charge in [-0.05, 0) is 30.2 Å². The summed E-state index contributed by atoms with van der Waals surface area (Å²) in [5.41, 5.74) is 4.21. The van der Waals surface area contributed by atoms with E-state index in [-0.39, 0.29) is 0 Å². The number of likely N-dealkylation sites (N-methyl/N-ethyl adjacent to an activating group) is 1. The third-order valence-corrected chi connectivity index (χ3v) is 3.59. The van der Waals surface area contributed by atoms with Crippen molar-refractivity contribution in [3.05, 3.63) is 42.4 Å². The first-order valence-electron chi connectivity index (χ1n) is 6.32. The summed E-state index contributed by atoms with van der Waals surface area (Å²) in [5.74, 6) is 1.09. The number of hydrogen-bond donors (Lipinski definition) is 0. The third kappa shape index (κ3) is 1.51. The smallest absolute Gasteiger partial charge is 0.154 e. The molecule has 4 heterocycles. The molecule has 0 saturated heterocycles. The van der Waals surface area contributed by atoms with Gasteiger partial charge in [0.15, 0.2) is 5.65 Å². The number of nitrogens with zero attached hydrogens (tertiary/aromatic N) is 5. The quantitative estimate of drug-likeness (QED) is 0.661. The van der Waals surface area contributed by atoms with E-state index in [1.54, 1.807) is 6.20 Å². The molecule has 3 aromatic rings. The highest BCUT2D eigenvalue weighted by Gasteiger charge is 2.18. The monoisotopic (exact) mass is 251 g/mol. The molecule has 0 N–H and O–H groups in total. The minimum Gasteiger partial charge on any atom is -0.359 e. The molecule has 0 spiro atoms. The van der Waals surface area contributed by atoms with Crippen molar-refractivity contribution >= 4 is 11.5 Å².